The third kappa shape index (κ3) is 49.0. The lowest BCUT2D eigenvalue weighted by atomic mass is 10.1. The van der Waals surface area contributed by atoms with E-state index in [9.17, 15) is 14.4 Å². The lowest BCUT2D eigenvalue weighted by Gasteiger charge is -2.18. The number of hydrogen-bond acceptors (Lipinski definition) is 6. The molecule has 0 N–H and O–H groups in total. The molecule has 0 saturated heterocycles. The fraction of sp³-hybridized carbons (Fsp3) is 0.632. The van der Waals surface area contributed by atoms with Crippen molar-refractivity contribution < 1.29 is 28.6 Å². The number of hydrogen-bond donors (Lipinski definition) is 0. The van der Waals surface area contributed by atoms with E-state index in [1.807, 2.05) is 0 Å². The molecule has 0 aromatic carbocycles. The molecular weight excluding hydrogens is 781 g/mol. The quantitative estimate of drug-likeness (QED) is 0.0263. The number of unbranched alkanes of at least 4 members (excludes halogenated alkanes) is 15. The highest BCUT2D eigenvalue weighted by molar-refractivity contribution is 5.71. The van der Waals surface area contributed by atoms with Crippen molar-refractivity contribution in [2.24, 2.45) is 0 Å². The molecule has 1 atom stereocenters. The van der Waals surface area contributed by atoms with E-state index in [2.05, 4.69) is 130 Å². The molecule has 356 valence electrons. The third-order valence-corrected chi connectivity index (χ3v) is 10.3. The summed E-state index contributed by atoms with van der Waals surface area (Å²) in [6.07, 6.45) is 67.9. The summed E-state index contributed by atoms with van der Waals surface area (Å²) in [5, 5.41) is 0. The first kappa shape index (κ1) is 59.1. The van der Waals surface area contributed by atoms with Gasteiger partial charge in [0.1, 0.15) is 13.2 Å². The number of rotatable bonds is 44. The van der Waals surface area contributed by atoms with Crippen molar-refractivity contribution in [3.05, 3.63) is 109 Å². The highest BCUT2D eigenvalue weighted by atomic mass is 16.6. The second-order valence-electron chi connectivity index (χ2n) is 16.3. The summed E-state index contributed by atoms with van der Waals surface area (Å²) in [6.45, 7) is 6.38. The number of carbonyl (C=O) groups is 3. The predicted molar refractivity (Wildman–Crippen MR) is 270 cm³/mol. The highest BCUT2D eigenvalue weighted by Gasteiger charge is 2.19. The maximum absolute atomic E-state index is 12.8. The van der Waals surface area contributed by atoms with Crippen molar-refractivity contribution in [3.63, 3.8) is 0 Å². The standard InChI is InChI=1S/C57H92O6/c1-4-7-10-13-16-19-22-24-26-28-30-32-35-38-41-44-47-50-56(59)62-53-54(52-61-55(58)49-46-43-40-37-34-21-18-15-12-9-6-3)63-57(60)51-48-45-42-39-36-33-31-29-27-25-23-20-17-14-11-8-5-2/h7,10,16-17,19-20,24-27,30-33,38-39,41-42,54H,4-6,8-9,11-15,18,21-23,28-29,34-37,40,43-53H2,1-3H3/b10-7-,19-16-,20-17-,26-24-,27-25-,32-30-,33-31-,41-38-,42-39-/t54-/m0/s1. The molecule has 0 aliphatic carbocycles. The van der Waals surface area contributed by atoms with Gasteiger partial charge < -0.3 is 14.2 Å². The summed E-state index contributed by atoms with van der Waals surface area (Å²) in [4.78, 5) is 37.9. The minimum atomic E-state index is -0.828. The molecule has 0 saturated carbocycles. The average molecular weight is 873 g/mol. The van der Waals surface area contributed by atoms with Gasteiger partial charge in [0, 0.05) is 19.3 Å². The van der Waals surface area contributed by atoms with E-state index in [0.29, 0.717) is 19.3 Å². The zero-order valence-electron chi connectivity index (χ0n) is 40.5. The number of allylic oxidation sites excluding steroid dienone is 18. The van der Waals surface area contributed by atoms with Crippen LogP contribution in [0.2, 0.25) is 0 Å². The molecule has 0 heterocycles. The van der Waals surface area contributed by atoms with Crippen LogP contribution in [0.4, 0.5) is 0 Å². The highest BCUT2D eigenvalue weighted by Crippen LogP contribution is 2.13. The van der Waals surface area contributed by atoms with Gasteiger partial charge in [0.05, 0.1) is 0 Å². The first-order valence-corrected chi connectivity index (χ1v) is 25.4. The first-order chi connectivity index (χ1) is 31.0. The molecule has 63 heavy (non-hydrogen) atoms. The van der Waals surface area contributed by atoms with Crippen LogP contribution < -0.4 is 0 Å². The summed E-state index contributed by atoms with van der Waals surface area (Å²) >= 11 is 0. The Hall–Kier alpha value is -3.93. The van der Waals surface area contributed by atoms with Crippen LogP contribution in [-0.4, -0.2) is 37.2 Å². The van der Waals surface area contributed by atoms with Gasteiger partial charge in [-0.05, 0) is 96.3 Å². The molecule has 0 aromatic rings. The molecule has 0 unspecified atom stereocenters. The molecule has 0 radical (unpaired) electrons. The lowest BCUT2D eigenvalue weighted by molar-refractivity contribution is -0.167. The molecule has 0 fully saturated rings. The maximum Gasteiger partial charge on any atom is 0.306 e. The van der Waals surface area contributed by atoms with Gasteiger partial charge in [-0.2, -0.15) is 0 Å². The molecule has 0 rings (SSSR count). The van der Waals surface area contributed by atoms with Crippen molar-refractivity contribution >= 4 is 17.9 Å². The first-order valence-electron chi connectivity index (χ1n) is 25.4. The van der Waals surface area contributed by atoms with E-state index in [0.717, 1.165) is 83.5 Å². The normalized spacial score (nSPS) is 13.0. The van der Waals surface area contributed by atoms with E-state index in [4.69, 9.17) is 14.2 Å². The zero-order chi connectivity index (χ0) is 45.8. The Kier molecular flexibility index (Phi) is 47.5. The predicted octanol–water partition coefficient (Wildman–Crippen LogP) is 16.8. The number of esters is 3. The molecular formula is C57H92O6. The fourth-order valence-corrected chi connectivity index (χ4v) is 6.47. The van der Waals surface area contributed by atoms with Crippen LogP contribution in [0.5, 0.6) is 0 Å². The van der Waals surface area contributed by atoms with Gasteiger partial charge in [-0.15, -0.1) is 0 Å². The van der Waals surface area contributed by atoms with Gasteiger partial charge in [0.25, 0.3) is 0 Å². The Bertz CT molecular complexity index is 1330. The van der Waals surface area contributed by atoms with Gasteiger partial charge in [-0.25, -0.2) is 0 Å². The smallest absolute Gasteiger partial charge is 0.306 e. The van der Waals surface area contributed by atoms with Gasteiger partial charge in [-0.1, -0.05) is 207 Å². The fourth-order valence-electron chi connectivity index (χ4n) is 6.47. The number of ether oxygens (including phenoxy) is 3. The van der Waals surface area contributed by atoms with Crippen molar-refractivity contribution in [1.82, 2.24) is 0 Å². The molecule has 0 bridgehead atoms. The zero-order valence-corrected chi connectivity index (χ0v) is 40.5. The summed E-state index contributed by atoms with van der Waals surface area (Å²) in [7, 11) is 0. The van der Waals surface area contributed by atoms with E-state index in [-0.39, 0.29) is 44.0 Å². The summed E-state index contributed by atoms with van der Waals surface area (Å²) < 4.78 is 16.7. The van der Waals surface area contributed by atoms with Gasteiger partial charge >= 0.3 is 17.9 Å². The monoisotopic (exact) mass is 873 g/mol. The van der Waals surface area contributed by atoms with Crippen LogP contribution >= 0.6 is 0 Å². The number of carbonyl (C=O) groups excluding carboxylic acids is 3. The Morgan fingerprint density at radius 1 is 0.333 bits per heavy atom. The largest absolute Gasteiger partial charge is 0.462 e. The maximum atomic E-state index is 12.8. The molecule has 0 amide bonds. The van der Waals surface area contributed by atoms with Crippen molar-refractivity contribution in [1.29, 1.82) is 0 Å². The van der Waals surface area contributed by atoms with Gasteiger partial charge in [-0.3, -0.25) is 14.4 Å². The Morgan fingerprint density at radius 3 is 1.03 bits per heavy atom. The van der Waals surface area contributed by atoms with Crippen molar-refractivity contribution in [2.75, 3.05) is 13.2 Å². The average Bonchev–Trinajstić information content (AvgIpc) is 3.28. The lowest BCUT2D eigenvalue weighted by Crippen LogP contribution is -2.30. The molecule has 0 aliphatic rings. The minimum Gasteiger partial charge on any atom is -0.462 e. The molecule has 0 aromatic heterocycles. The van der Waals surface area contributed by atoms with Crippen LogP contribution in [0.3, 0.4) is 0 Å². The van der Waals surface area contributed by atoms with Crippen LogP contribution in [0.1, 0.15) is 213 Å². The van der Waals surface area contributed by atoms with Crippen LogP contribution in [-0.2, 0) is 28.6 Å². The van der Waals surface area contributed by atoms with Gasteiger partial charge in [0.2, 0.25) is 0 Å². The summed E-state index contributed by atoms with van der Waals surface area (Å²) in [6, 6.07) is 0. The molecule has 0 spiro atoms. The van der Waals surface area contributed by atoms with E-state index in [1.54, 1.807) is 0 Å². The Labute approximate surface area is 387 Å². The Balaban J connectivity index is 4.57. The Morgan fingerprint density at radius 2 is 0.635 bits per heavy atom. The van der Waals surface area contributed by atoms with E-state index < -0.39 is 6.10 Å². The second kappa shape index (κ2) is 50.7. The van der Waals surface area contributed by atoms with Crippen molar-refractivity contribution in [3.8, 4) is 0 Å². The van der Waals surface area contributed by atoms with E-state index in [1.165, 1.54) is 77.0 Å². The van der Waals surface area contributed by atoms with Crippen LogP contribution in [0.25, 0.3) is 0 Å². The second-order valence-corrected chi connectivity index (χ2v) is 16.3. The van der Waals surface area contributed by atoms with Gasteiger partial charge in [0.15, 0.2) is 6.10 Å². The van der Waals surface area contributed by atoms with E-state index >= 15 is 0 Å². The third-order valence-electron chi connectivity index (χ3n) is 10.3. The van der Waals surface area contributed by atoms with Crippen molar-refractivity contribution in [2.45, 2.75) is 219 Å². The summed E-state index contributed by atoms with van der Waals surface area (Å²) in [5.41, 5.74) is 0. The SMILES string of the molecule is CC/C=C\C/C=C\C/C=C\C/C=C\C/C=C\CCCC(=O)OC[C@H](COC(=O)CCCCCCCCCCCCC)OC(=O)CCC/C=C\C/C=C\C/C=C\C/C=C\CCCCC. The molecule has 6 nitrogen and oxygen atoms in total. The summed E-state index contributed by atoms with van der Waals surface area (Å²) in [5.74, 6) is -1.04. The minimum absolute atomic E-state index is 0.118. The molecule has 0 aliphatic heterocycles. The molecule has 6 heteroatoms. The van der Waals surface area contributed by atoms with Crippen LogP contribution in [0, 0.1) is 0 Å². The van der Waals surface area contributed by atoms with Crippen LogP contribution in [0.15, 0.2) is 109 Å². The topological polar surface area (TPSA) is 78.9 Å².